The predicted octanol–water partition coefficient (Wildman–Crippen LogP) is 1.44. The fraction of sp³-hybridized carbons (Fsp3) is 0.182. The van der Waals surface area contributed by atoms with E-state index in [1.54, 1.807) is 12.1 Å². The molecule has 94 valence electrons. The van der Waals surface area contributed by atoms with E-state index in [1.165, 1.54) is 0 Å². The molecule has 0 spiro atoms. The third kappa shape index (κ3) is 2.75. The maximum Gasteiger partial charge on any atom is 0.257 e. The molecule has 2 rings (SSSR count). The zero-order valence-corrected chi connectivity index (χ0v) is 10.9. The second-order valence-electron chi connectivity index (χ2n) is 3.84. The number of anilines is 3. The van der Waals surface area contributed by atoms with Gasteiger partial charge in [-0.1, -0.05) is 11.3 Å². The van der Waals surface area contributed by atoms with Gasteiger partial charge in [0.2, 0.25) is 10.3 Å². The molecular formula is C11H13N5OS. The van der Waals surface area contributed by atoms with Gasteiger partial charge in [-0.25, -0.2) is 0 Å². The van der Waals surface area contributed by atoms with Gasteiger partial charge in [-0.15, -0.1) is 10.2 Å². The van der Waals surface area contributed by atoms with Crippen molar-refractivity contribution in [2.24, 2.45) is 0 Å². The topological polar surface area (TPSA) is 84.1 Å². The standard InChI is InChI=1S/C11H13N5OS/c1-16(2)8-5-3-7(4-6-8)9(17)13-11-15-14-10(12)18-11/h3-6H,1-2H3,(H2,12,14)(H,13,15,17). The number of amides is 1. The average Bonchev–Trinajstić information content (AvgIpc) is 2.75. The monoisotopic (exact) mass is 263 g/mol. The molecule has 0 aliphatic carbocycles. The lowest BCUT2D eigenvalue weighted by molar-refractivity contribution is 0.102. The SMILES string of the molecule is CN(C)c1ccc(C(=O)Nc2nnc(N)s2)cc1. The number of hydrogen-bond acceptors (Lipinski definition) is 6. The zero-order valence-electron chi connectivity index (χ0n) is 10.0. The Kier molecular flexibility index (Phi) is 3.42. The molecule has 3 N–H and O–H groups in total. The summed E-state index contributed by atoms with van der Waals surface area (Å²) >= 11 is 1.13. The van der Waals surface area contributed by atoms with E-state index in [0.717, 1.165) is 17.0 Å². The van der Waals surface area contributed by atoms with Crippen LogP contribution in [0, 0.1) is 0 Å². The average molecular weight is 263 g/mol. The molecule has 1 aromatic heterocycles. The third-order valence-electron chi connectivity index (χ3n) is 2.31. The van der Waals surface area contributed by atoms with E-state index in [-0.39, 0.29) is 5.91 Å². The van der Waals surface area contributed by atoms with Crippen molar-refractivity contribution in [3.63, 3.8) is 0 Å². The van der Waals surface area contributed by atoms with E-state index in [1.807, 2.05) is 31.1 Å². The number of nitrogens with two attached hydrogens (primary N) is 1. The first-order chi connectivity index (χ1) is 8.56. The molecule has 7 heteroatoms. The molecule has 6 nitrogen and oxygen atoms in total. The van der Waals surface area contributed by atoms with E-state index < -0.39 is 0 Å². The molecule has 1 amide bonds. The molecule has 0 radical (unpaired) electrons. The lowest BCUT2D eigenvalue weighted by Gasteiger charge is -2.12. The summed E-state index contributed by atoms with van der Waals surface area (Å²) in [6.45, 7) is 0. The van der Waals surface area contributed by atoms with E-state index in [2.05, 4.69) is 15.5 Å². The Morgan fingerprint density at radius 3 is 2.44 bits per heavy atom. The van der Waals surface area contributed by atoms with Crippen LogP contribution < -0.4 is 16.0 Å². The summed E-state index contributed by atoms with van der Waals surface area (Å²) in [4.78, 5) is 13.8. The first kappa shape index (κ1) is 12.3. The fourth-order valence-electron chi connectivity index (χ4n) is 1.37. The van der Waals surface area contributed by atoms with Crippen LogP contribution in [-0.4, -0.2) is 30.2 Å². The van der Waals surface area contributed by atoms with Crippen molar-refractivity contribution in [3.05, 3.63) is 29.8 Å². The minimum absolute atomic E-state index is 0.226. The Morgan fingerprint density at radius 2 is 1.94 bits per heavy atom. The normalized spacial score (nSPS) is 10.1. The van der Waals surface area contributed by atoms with Gasteiger partial charge in [-0.05, 0) is 24.3 Å². The first-order valence-corrected chi connectivity index (χ1v) is 6.05. The molecule has 0 aliphatic rings. The van der Waals surface area contributed by atoms with Crippen molar-refractivity contribution in [2.75, 3.05) is 30.0 Å². The lowest BCUT2D eigenvalue weighted by atomic mass is 10.2. The van der Waals surface area contributed by atoms with Gasteiger partial charge in [0.05, 0.1) is 0 Å². The molecule has 0 unspecified atom stereocenters. The van der Waals surface area contributed by atoms with E-state index in [9.17, 15) is 4.79 Å². The minimum Gasteiger partial charge on any atom is -0.378 e. The zero-order chi connectivity index (χ0) is 13.1. The number of carbonyl (C=O) groups excluding carboxylic acids is 1. The highest BCUT2D eigenvalue weighted by Crippen LogP contribution is 2.18. The Bertz CT molecular complexity index is 549. The van der Waals surface area contributed by atoms with Gasteiger partial charge in [-0.2, -0.15) is 0 Å². The Hall–Kier alpha value is -2.15. The number of nitrogens with zero attached hydrogens (tertiary/aromatic N) is 3. The summed E-state index contributed by atoms with van der Waals surface area (Å²) in [6.07, 6.45) is 0. The number of hydrogen-bond donors (Lipinski definition) is 2. The van der Waals surface area contributed by atoms with Crippen LogP contribution in [0.15, 0.2) is 24.3 Å². The maximum atomic E-state index is 11.9. The molecule has 1 aromatic carbocycles. The van der Waals surface area contributed by atoms with Crippen LogP contribution in [0.5, 0.6) is 0 Å². The van der Waals surface area contributed by atoms with Crippen molar-refractivity contribution in [3.8, 4) is 0 Å². The minimum atomic E-state index is -0.226. The van der Waals surface area contributed by atoms with E-state index >= 15 is 0 Å². The van der Waals surface area contributed by atoms with Crippen LogP contribution in [0.2, 0.25) is 0 Å². The van der Waals surface area contributed by atoms with Gasteiger partial charge >= 0.3 is 0 Å². The summed E-state index contributed by atoms with van der Waals surface area (Å²) in [7, 11) is 3.89. The van der Waals surface area contributed by atoms with Gasteiger partial charge in [0.15, 0.2) is 0 Å². The van der Waals surface area contributed by atoms with Crippen LogP contribution in [0.1, 0.15) is 10.4 Å². The van der Waals surface area contributed by atoms with Gasteiger partial charge < -0.3 is 10.6 Å². The molecule has 0 aliphatic heterocycles. The summed E-state index contributed by atoms with van der Waals surface area (Å²) in [5.41, 5.74) is 7.03. The van der Waals surface area contributed by atoms with Gasteiger partial charge in [0, 0.05) is 25.3 Å². The molecule has 2 aromatic rings. The molecule has 0 saturated heterocycles. The largest absolute Gasteiger partial charge is 0.378 e. The maximum absolute atomic E-state index is 11.9. The van der Waals surface area contributed by atoms with Gasteiger partial charge in [0.1, 0.15) is 0 Å². The molecule has 0 fully saturated rings. The number of aromatic nitrogens is 2. The number of carbonyl (C=O) groups is 1. The van der Waals surface area contributed by atoms with Gasteiger partial charge in [0.25, 0.3) is 5.91 Å². The number of rotatable bonds is 3. The molecule has 1 heterocycles. The second kappa shape index (κ2) is 5.01. The van der Waals surface area contributed by atoms with Crippen LogP contribution in [0.3, 0.4) is 0 Å². The van der Waals surface area contributed by atoms with Crippen molar-refractivity contribution in [2.45, 2.75) is 0 Å². The van der Waals surface area contributed by atoms with E-state index in [0.29, 0.717) is 15.8 Å². The smallest absolute Gasteiger partial charge is 0.257 e. The molecule has 0 bridgehead atoms. The fourth-order valence-corrected chi connectivity index (χ4v) is 1.87. The summed E-state index contributed by atoms with van der Waals surface area (Å²) in [6, 6.07) is 7.27. The summed E-state index contributed by atoms with van der Waals surface area (Å²) in [5.74, 6) is -0.226. The Morgan fingerprint density at radius 1 is 1.28 bits per heavy atom. The molecule has 18 heavy (non-hydrogen) atoms. The van der Waals surface area contributed by atoms with Crippen LogP contribution in [0.4, 0.5) is 16.0 Å². The predicted molar refractivity (Wildman–Crippen MR) is 73.0 cm³/mol. The van der Waals surface area contributed by atoms with Crippen molar-refractivity contribution >= 4 is 33.2 Å². The number of benzene rings is 1. The highest BCUT2D eigenvalue weighted by atomic mass is 32.1. The molecule has 0 saturated carbocycles. The highest BCUT2D eigenvalue weighted by molar-refractivity contribution is 7.19. The quantitative estimate of drug-likeness (QED) is 0.875. The summed E-state index contributed by atoms with van der Waals surface area (Å²) in [5, 5.41) is 10.7. The molecular weight excluding hydrogens is 250 g/mol. The molecule has 0 atom stereocenters. The highest BCUT2D eigenvalue weighted by Gasteiger charge is 2.09. The third-order valence-corrected chi connectivity index (χ3v) is 2.97. The van der Waals surface area contributed by atoms with Crippen LogP contribution >= 0.6 is 11.3 Å². The van der Waals surface area contributed by atoms with Gasteiger partial charge in [-0.3, -0.25) is 10.1 Å². The first-order valence-electron chi connectivity index (χ1n) is 5.24. The summed E-state index contributed by atoms with van der Waals surface area (Å²) < 4.78 is 0. The van der Waals surface area contributed by atoms with Crippen LogP contribution in [0.25, 0.3) is 0 Å². The van der Waals surface area contributed by atoms with Crippen molar-refractivity contribution in [1.29, 1.82) is 0 Å². The number of nitrogens with one attached hydrogen (secondary N) is 1. The lowest BCUT2D eigenvalue weighted by Crippen LogP contribution is -2.13. The van der Waals surface area contributed by atoms with Crippen molar-refractivity contribution in [1.82, 2.24) is 10.2 Å². The Balaban J connectivity index is 2.09. The van der Waals surface area contributed by atoms with Crippen LogP contribution in [-0.2, 0) is 0 Å². The number of nitrogen functional groups attached to an aromatic ring is 1. The van der Waals surface area contributed by atoms with E-state index in [4.69, 9.17) is 5.73 Å². The van der Waals surface area contributed by atoms with Crippen molar-refractivity contribution < 1.29 is 4.79 Å². The Labute approximate surface area is 108 Å². The second-order valence-corrected chi connectivity index (χ2v) is 4.85.